The van der Waals surface area contributed by atoms with Crippen molar-refractivity contribution in [3.05, 3.63) is 34.9 Å². The molecule has 1 aromatic carbocycles. The number of rotatable bonds is 5. The van der Waals surface area contributed by atoms with Crippen LogP contribution in [-0.4, -0.2) is 24.0 Å². The van der Waals surface area contributed by atoms with Gasteiger partial charge in [0.2, 0.25) is 0 Å². The summed E-state index contributed by atoms with van der Waals surface area (Å²) >= 11 is 6.12. The maximum absolute atomic E-state index is 6.12. The van der Waals surface area contributed by atoms with Crippen molar-refractivity contribution in [1.29, 1.82) is 0 Å². The molecule has 2 unspecified atom stereocenters. The van der Waals surface area contributed by atoms with E-state index in [4.69, 9.17) is 17.3 Å². The molecule has 0 saturated carbocycles. The van der Waals surface area contributed by atoms with Crippen LogP contribution in [0, 0.1) is 0 Å². The number of halogens is 1. The molecule has 1 saturated heterocycles. The van der Waals surface area contributed by atoms with E-state index < -0.39 is 0 Å². The molecule has 0 aromatic heterocycles. The molecule has 0 spiro atoms. The van der Waals surface area contributed by atoms with E-state index in [0.717, 1.165) is 5.02 Å². The predicted octanol–water partition coefficient (Wildman–Crippen LogP) is 3.99. The first-order chi connectivity index (χ1) is 9.26. The van der Waals surface area contributed by atoms with Crippen molar-refractivity contribution in [3.8, 4) is 0 Å². The number of benzene rings is 1. The molecule has 0 aliphatic carbocycles. The third-order valence-corrected chi connectivity index (χ3v) is 4.39. The van der Waals surface area contributed by atoms with Crippen LogP contribution in [0.25, 0.3) is 0 Å². The van der Waals surface area contributed by atoms with Gasteiger partial charge in [0, 0.05) is 23.7 Å². The lowest BCUT2D eigenvalue weighted by Crippen LogP contribution is -2.44. The van der Waals surface area contributed by atoms with Crippen LogP contribution in [0.2, 0.25) is 5.02 Å². The smallest absolute Gasteiger partial charge is 0.0473 e. The first kappa shape index (κ1) is 14.8. The van der Waals surface area contributed by atoms with Crippen LogP contribution in [0.5, 0.6) is 0 Å². The molecule has 19 heavy (non-hydrogen) atoms. The van der Waals surface area contributed by atoms with Crippen molar-refractivity contribution in [1.82, 2.24) is 4.90 Å². The largest absolute Gasteiger partial charge is 0.329 e. The zero-order valence-corrected chi connectivity index (χ0v) is 12.6. The van der Waals surface area contributed by atoms with Gasteiger partial charge >= 0.3 is 0 Å². The Hall–Kier alpha value is -0.570. The van der Waals surface area contributed by atoms with E-state index in [-0.39, 0.29) is 0 Å². The first-order valence-corrected chi connectivity index (χ1v) is 7.85. The molecule has 2 N–H and O–H groups in total. The van der Waals surface area contributed by atoms with Gasteiger partial charge in [0.25, 0.3) is 0 Å². The van der Waals surface area contributed by atoms with Gasteiger partial charge in [0.15, 0.2) is 0 Å². The van der Waals surface area contributed by atoms with Crippen molar-refractivity contribution in [2.24, 2.45) is 5.73 Å². The van der Waals surface area contributed by atoms with Gasteiger partial charge in [-0.2, -0.15) is 0 Å². The Morgan fingerprint density at radius 1 is 1.42 bits per heavy atom. The van der Waals surface area contributed by atoms with E-state index in [1.165, 1.54) is 44.2 Å². The van der Waals surface area contributed by atoms with Gasteiger partial charge in [-0.15, -0.1) is 0 Å². The van der Waals surface area contributed by atoms with E-state index in [2.05, 4.69) is 24.0 Å². The number of hydrogen-bond acceptors (Lipinski definition) is 2. The van der Waals surface area contributed by atoms with Crippen LogP contribution in [0.15, 0.2) is 24.3 Å². The molecule has 3 heteroatoms. The summed E-state index contributed by atoms with van der Waals surface area (Å²) in [5, 5.41) is 0.806. The minimum Gasteiger partial charge on any atom is -0.329 e. The SMILES string of the molecule is CCCC1CCCCN1C(CN)c1cccc(Cl)c1. The van der Waals surface area contributed by atoms with Crippen LogP contribution in [0.3, 0.4) is 0 Å². The normalized spacial score (nSPS) is 22.4. The lowest BCUT2D eigenvalue weighted by atomic mass is 9.94. The Bertz CT molecular complexity index is 392. The van der Waals surface area contributed by atoms with Gasteiger partial charge in [-0.3, -0.25) is 4.90 Å². The molecule has 2 rings (SSSR count). The summed E-state index contributed by atoms with van der Waals surface area (Å²) in [4.78, 5) is 2.61. The molecule has 1 aromatic rings. The van der Waals surface area contributed by atoms with Gasteiger partial charge in [-0.05, 0) is 43.5 Å². The second kappa shape index (κ2) is 7.28. The highest BCUT2D eigenvalue weighted by atomic mass is 35.5. The summed E-state index contributed by atoms with van der Waals surface area (Å²) in [6, 6.07) is 9.18. The summed E-state index contributed by atoms with van der Waals surface area (Å²) in [6.45, 7) is 4.10. The number of nitrogens with two attached hydrogens (primary N) is 1. The summed E-state index contributed by atoms with van der Waals surface area (Å²) in [5.41, 5.74) is 7.32. The predicted molar refractivity (Wildman–Crippen MR) is 82.5 cm³/mol. The third kappa shape index (κ3) is 3.71. The molecule has 1 heterocycles. The molecule has 2 nitrogen and oxygen atoms in total. The summed E-state index contributed by atoms with van der Waals surface area (Å²) < 4.78 is 0. The molecule has 106 valence electrons. The highest BCUT2D eigenvalue weighted by molar-refractivity contribution is 6.30. The molecule has 0 radical (unpaired) electrons. The lowest BCUT2D eigenvalue weighted by Gasteiger charge is -2.41. The Kier molecular flexibility index (Phi) is 5.68. The molecule has 1 fully saturated rings. The lowest BCUT2D eigenvalue weighted by molar-refractivity contribution is 0.0913. The second-order valence-corrected chi connectivity index (χ2v) is 5.92. The standard InChI is InChI=1S/C16H25ClN2/c1-2-6-15-9-3-4-10-19(15)16(12-18)13-7-5-8-14(17)11-13/h5,7-8,11,15-16H,2-4,6,9-10,12,18H2,1H3. The molecule has 0 bridgehead atoms. The Morgan fingerprint density at radius 2 is 2.26 bits per heavy atom. The van der Waals surface area contributed by atoms with Crippen LogP contribution in [0.1, 0.15) is 50.6 Å². The van der Waals surface area contributed by atoms with Crippen molar-refractivity contribution >= 4 is 11.6 Å². The first-order valence-electron chi connectivity index (χ1n) is 7.47. The van der Waals surface area contributed by atoms with E-state index >= 15 is 0 Å². The number of likely N-dealkylation sites (tertiary alicyclic amines) is 1. The quantitative estimate of drug-likeness (QED) is 0.883. The fourth-order valence-corrected chi connectivity index (χ4v) is 3.45. The van der Waals surface area contributed by atoms with Crippen molar-refractivity contribution in [2.75, 3.05) is 13.1 Å². The van der Waals surface area contributed by atoms with Crippen molar-refractivity contribution in [3.63, 3.8) is 0 Å². The highest BCUT2D eigenvalue weighted by Gasteiger charge is 2.28. The van der Waals surface area contributed by atoms with E-state index in [0.29, 0.717) is 18.6 Å². The Morgan fingerprint density at radius 3 is 2.95 bits per heavy atom. The summed E-state index contributed by atoms with van der Waals surface area (Å²) in [6.07, 6.45) is 6.47. The third-order valence-electron chi connectivity index (χ3n) is 4.15. The topological polar surface area (TPSA) is 29.3 Å². The number of nitrogens with zero attached hydrogens (tertiary/aromatic N) is 1. The average Bonchev–Trinajstić information content (AvgIpc) is 2.42. The zero-order valence-electron chi connectivity index (χ0n) is 11.8. The van der Waals surface area contributed by atoms with Gasteiger partial charge in [-0.1, -0.05) is 43.5 Å². The Labute approximate surface area is 121 Å². The van der Waals surface area contributed by atoms with Gasteiger partial charge < -0.3 is 5.73 Å². The monoisotopic (exact) mass is 280 g/mol. The molecule has 2 atom stereocenters. The van der Waals surface area contributed by atoms with Gasteiger partial charge in [-0.25, -0.2) is 0 Å². The van der Waals surface area contributed by atoms with Crippen LogP contribution in [-0.2, 0) is 0 Å². The average molecular weight is 281 g/mol. The van der Waals surface area contributed by atoms with Crippen molar-refractivity contribution in [2.45, 2.75) is 51.1 Å². The maximum atomic E-state index is 6.12. The number of hydrogen-bond donors (Lipinski definition) is 1. The maximum Gasteiger partial charge on any atom is 0.0473 e. The van der Waals surface area contributed by atoms with E-state index in [9.17, 15) is 0 Å². The summed E-state index contributed by atoms with van der Waals surface area (Å²) in [5.74, 6) is 0. The van der Waals surface area contributed by atoms with Crippen molar-refractivity contribution < 1.29 is 0 Å². The fraction of sp³-hybridized carbons (Fsp3) is 0.625. The van der Waals surface area contributed by atoms with E-state index in [1.807, 2.05) is 12.1 Å². The van der Waals surface area contributed by atoms with Gasteiger partial charge in [0.05, 0.1) is 0 Å². The zero-order chi connectivity index (χ0) is 13.7. The molecular weight excluding hydrogens is 256 g/mol. The fourth-order valence-electron chi connectivity index (χ4n) is 3.25. The number of piperidine rings is 1. The molecular formula is C16H25ClN2. The molecule has 0 amide bonds. The minimum absolute atomic E-state index is 0.315. The molecule has 1 aliphatic rings. The molecule has 1 aliphatic heterocycles. The highest BCUT2D eigenvalue weighted by Crippen LogP contribution is 2.31. The Balaban J connectivity index is 2.19. The van der Waals surface area contributed by atoms with E-state index in [1.54, 1.807) is 0 Å². The van der Waals surface area contributed by atoms with Crippen LogP contribution < -0.4 is 5.73 Å². The van der Waals surface area contributed by atoms with Crippen LogP contribution in [0.4, 0.5) is 0 Å². The van der Waals surface area contributed by atoms with Crippen LogP contribution >= 0.6 is 11.6 Å². The second-order valence-electron chi connectivity index (χ2n) is 5.48. The summed E-state index contributed by atoms with van der Waals surface area (Å²) in [7, 11) is 0. The minimum atomic E-state index is 0.315. The van der Waals surface area contributed by atoms with Gasteiger partial charge in [0.1, 0.15) is 0 Å².